The van der Waals surface area contributed by atoms with E-state index in [1.807, 2.05) is 20.8 Å². The quantitative estimate of drug-likeness (QED) is 0.793. The smallest absolute Gasteiger partial charge is 0.320 e. The predicted octanol–water partition coefficient (Wildman–Crippen LogP) is 2.25. The maximum atomic E-state index is 11.7. The van der Waals surface area contributed by atoms with E-state index >= 15 is 0 Å². The summed E-state index contributed by atoms with van der Waals surface area (Å²) < 4.78 is 5.19. The summed E-state index contributed by atoms with van der Waals surface area (Å²) in [5.41, 5.74) is -0.142. The van der Waals surface area contributed by atoms with Crippen LogP contribution in [0, 0.1) is 5.92 Å². The summed E-state index contributed by atoms with van der Waals surface area (Å²) in [6.07, 6.45) is 2.51. The minimum atomic E-state index is -0.321. The third-order valence-corrected chi connectivity index (χ3v) is 3.63. The molecule has 20 heavy (non-hydrogen) atoms. The van der Waals surface area contributed by atoms with Gasteiger partial charge in [0.25, 0.3) is 0 Å². The number of nitrogens with zero attached hydrogens (tertiary/aromatic N) is 1. The lowest BCUT2D eigenvalue weighted by Crippen LogP contribution is -2.35. The lowest BCUT2D eigenvalue weighted by atomic mass is 9.93. The number of urea groups is 1. The van der Waals surface area contributed by atoms with E-state index in [2.05, 4.69) is 15.8 Å². The normalized spacial score (nSPS) is 22.8. The van der Waals surface area contributed by atoms with Crippen LogP contribution >= 0.6 is 0 Å². The summed E-state index contributed by atoms with van der Waals surface area (Å²) in [5, 5.41) is 18.9. The van der Waals surface area contributed by atoms with Gasteiger partial charge in [-0.1, -0.05) is 32.3 Å². The Labute approximate surface area is 118 Å². The van der Waals surface area contributed by atoms with Gasteiger partial charge in [0.1, 0.15) is 5.76 Å². The van der Waals surface area contributed by atoms with Crippen LogP contribution in [0.2, 0.25) is 0 Å². The molecule has 0 aromatic carbocycles. The Hall–Kier alpha value is -1.56. The first-order valence-electron chi connectivity index (χ1n) is 7.06. The Balaban J connectivity index is 1.81. The van der Waals surface area contributed by atoms with Crippen LogP contribution in [0.5, 0.6) is 0 Å². The van der Waals surface area contributed by atoms with Crippen LogP contribution < -0.4 is 10.6 Å². The monoisotopic (exact) mass is 281 g/mol. The number of aliphatic hydroxyl groups excluding tert-OH is 1. The van der Waals surface area contributed by atoms with Crippen LogP contribution in [-0.2, 0) is 5.41 Å². The van der Waals surface area contributed by atoms with E-state index in [1.54, 1.807) is 6.07 Å². The van der Waals surface area contributed by atoms with E-state index in [0.29, 0.717) is 12.4 Å². The number of rotatable bonds is 3. The highest BCUT2D eigenvalue weighted by Crippen LogP contribution is 2.25. The Morgan fingerprint density at radius 2 is 2.25 bits per heavy atom. The summed E-state index contributed by atoms with van der Waals surface area (Å²) in [6.45, 7) is 6.52. The van der Waals surface area contributed by atoms with Gasteiger partial charge in [0.15, 0.2) is 5.82 Å². The fourth-order valence-electron chi connectivity index (χ4n) is 2.33. The molecule has 2 rings (SSSR count). The van der Waals surface area contributed by atoms with Crippen molar-refractivity contribution in [3.8, 4) is 0 Å². The standard InChI is InChI=1S/C14H23N3O3/c1-14(2,3)11-7-12(17-20-11)16-13(19)15-8-9-5-4-6-10(9)18/h7,9-10,18H,4-6,8H2,1-3H3,(H2,15,16,17,19)/t9-,10-/m0/s1. The number of anilines is 1. The van der Waals surface area contributed by atoms with Crippen LogP contribution in [0.25, 0.3) is 0 Å². The van der Waals surface area contributed by atoms with Gasteiger partial charge in [-0.3, -0.25) is 5.32 Å². The fourth-order valence-corrected chi connectivity index (χ4v) is 2.33. The van der Waals surface area contributed by atoms with Gasteiger partial charge in [0.2, 0.25) is 0 Å². The lowest BCUT2D eigenvalue weighted by molar-refractivity contribution is 0.133. The average Bonchev–Trinajstić information content (AvgIpc) is 2.95. The van der Waals surface area contributed by atoms with E-state index < -0.39 is 0 Å². The van der Waals surface area contributed by atoms with Crippen molar-refractivity contribution in [2.75, 3.05) is 11.9 Å². The second kappa shape index (κ2) is 5.83. The Morgan fingerprint density at radius 3 is 2.80 bits per heavy atom. The molecule has 0 unspecified atom stereocenters. The van der Waals surface area contributed by atoms with E-state index in [4.69, 9.17) is 4.52 Å². The highest BCUT2D eigenvalue weighted by Gasteiger charge is 2.25. The van der Waals surface area contributed by atoms with Crippen molar-refractivity contribution in [2.24, 2.45) is 5.92 Å². The Kier molecular flexibility index (Phi) is 4.32. The number of hydrogen-bond acceptors (Lipinski definition) is 4. The number of carbonyl (C=O) groups excluding carboxylic acids is 1. The van der Waals surface area contributed by atoms with Crippen molar-refractivity contribution >= 4 is 11.8 Å². The summed E-state index contributed by atoms with van der Waals surface area (Å²) >= 11 is 0. The van der Waals surface area contributed by atoms with E-state index in [-0.39, 0.29) is 23.5 Å². The molecule has 2 atom stereocenters. The summed E-state index contributed by atoms with van der Waals surface area (Å²) in [6, 6.07) is 1.40. The molecule has 0 aliphatic heterocycles. The molecule has 1 heterocycles. The SMILES string of the molecule is CC(C)(C)c1cc(NC(=O)NC[C@@H]2CCC[C@@H]2O)no1. The predicted molar refractivity (Wildman–Crippen MR) is 75.6 cm³/mol. The van der Waals surface area contributed by atoms with Crippen molar-refractivity contribution in [2.45, 2.75) is 51.6 Å². The second-order valence-corrected chi connectivity index (χ2v) is 6.42. The second-order valence-electron chi connectivity index (χ2n) is 6.42. The number of amides is 2. The summed E-state index contributed by atoms with van der Waals surface area (Å²) in [7, 11) is 0. The van der Waals surface area contributed by atoms with Crippen LogP contribution in [0.3, 0.4) is 0 Å². The zero-order chi connectivity index (χ0) is 14.8. The molecule has 1 saturated carbocycles. The van der Waals surface area contributed by atoms with Crippen LogP contribution in [0.15, 0.2) is 10.6 Å². The topological polar surface area (TPSA) is 87.4 Å². The zero-order valence-electron chi connectivity index (χ0n) is 12.3. The van der Waals surface area contributed by atoms with Gasteiger partial charge >= 0.3 is 6.03 Å². The number of nitrogens with one attached hydrogen (secondary N) is 2. The molecule has 1 fully saturated rings. The Morgan fingerprint density at radius 1 is 1.50 bits per heavy atom. The molecule has 6 heteroatoms. The summed E-state index contributed by atoms with van der Waals surface area (Å²) in [4.78, 5) is 11.7. The molecular weight excluding hydrogens is 258 g/mol. The maximum absolute atomic E-state index is 11.7. The van der Waals surface area contributed by atoms with E-state index in [1.165, 1.54) is 0 Å². The molecule has 2 amide bonds. The first-order chi connectivity index (χ1) is 9.36. The molecule has 1 aromatic rings. The molecular formula is C14H23N3O3. The van der Waals surface area contributed by atoms with E-state index in [0.717, 1.165) is 25.0 Å². The molecule has 1 aliphatic rings. The van der Waals surface area contributed by atoms with E-state index in [9.17, 15) is 9.90 Å². The molecule has 1 aliphatic carbocycles. The van der Waals surface area contributed by atoms with Gasteiger partial charge < -0.3 is 14.9 Å². The third-order valence-electron chi connectivity index (χ3n) is 3.63. The van der Waals surface area contributed by atoms with Gasteiger partial charge in [-0.15, -0.1) is 0 Å². The van der Waals surface area contributed by atoms with Gasteiger partial charge in [0.05, 0.1) is 6.10 Å². The van der Waals surface area contributed by atoms with Gasteiger partial charge in [0, 0.05) is 23.9 Å². The molecule has 6 nitrogen and oxygen atoms in total. The highest BCUT2D eigenvalue weighted by molar-refractivity contribution is 5.88. The van der Waals surface area contributed by atoms with Crippen molar-refractivity contribution < 1.29 is 14.4 Å². The van der Waals surface area contributed by atoms with Gasteiger partial charge in [-0.2, -0.15) is 0 Å². The molecule has 0 bridgehead atoms. The zero-order valence-corrected chi connectivity index (χ0v) is 12.3. The molecule has 3 N–H and O–H groups in total. The first kappa shape index (κ1) is 14.8. The van der Waals surface area contributed by atoms with Crippen molar-refractivity contribution in [1.82, 2.24) is 10.5 Å². The van der Waals surface area contributed by atoms with Crippen LogP contribution in [-0.4, -0.2) is 28.9 Å². The highest BCUT2D eigenvalue weighted by atomic mass is 16.5. The number of hydrogen-bond donors (Lipinski definition) is 3. The number of aromatic nitrogens is 1. The minimum Gasteiger partial charge on any atom is -0.393 e. The number of aliphatic hydroxyl groups is 1. The van der Waals surface area contributed by atoms with Gasteiger partial charge in [-0.05, 0) is 12.8 Å². The minimum absolute atomic E-state index is 0.142. The number of carbonyl (C=O) groups is 1. The molecule has 112 valence electrons. The van der Waals surface area contributed by atoms with Gasteiger partial charge in [-0.25, -0.2) is 4.79 Å². The molecule has 0 radical (unpaired) electrons. The largest absolute Gasteiger partial charge is 0.393 e. The average molecular weight is 281 g/mol. The van der Waals surface area contributed by atoms with Crippen LogP contribution in [0.1, 0.15) is 45.8 Å². The van der Waals surface area contributed by atoms with Crippen molar-refractivity contribution in [1.29, 1.82) is 0 Å². The third kappa shape index (κ3) is 3.72. The molecule has 0 spiro atoms. The lowest BCUT2D eigenvalue weighted by Gasteiger charge is -2.14. The molecule has 0 saturated heterocycles. The Bertz CT molecular complexity index is 464. The summed E-state index contributed by atoms with van der Waals surface area (Å²) in [5.74, 6) is 1.28. The van der Waals surface area contributed by atoms with Crippen LogP contribution in [0.4, 0.5) is 10.6 Å². The first-order valence-corrected chi connectivity index (χ1v) is 7.06. The fraction of sp³-hybridized carbons (Fsp3) is 0.714. The van der Waals surface area contributed by atoms with Crippen molar-refractivity contribution in [3.63, 3.8) is 0 Å². The molecule has 1 aromatic heterocycles. The maximum Gasteiger partial charge on any atom is 0.320 e. The van der Waals surface area contributed by atoms with Crippen molar-refractivity contribution in [3.05, 3.63) is 11.8 Å².